The van der Waals surface area contributed by atoms with Crippen LogP contribution in [0.3, 0.4) is 0 Å². The topological polar surface area (TPSA) is 42.8 Å². The van der Waals surface area contributed by atoms with Crippen molar-refractivity contribution < 1.29 is 13.9 Å². The maximum absolute atomic E-state index is 13.2. The third kappa shape index (κ3) is 3.17. The van der Waals surface area contributed by atoms with Gasteiger partial charge in [0.15, 0.2) is 11.6 Å². The van der Waals surface area contributed by atoms with Crippen molar-refractivity contribution in [3.63, 3.8) is 0 Å². The Morgan fingerprint density at radius 1 is 1.65 bits per heavy atom. The van der Waals surface area contributed by atoms with Gasteiger partial charge in [-0.25, -0.2) is 9.38 Å². The summed E-state index contributed by atoms with van der Waals surface area (Å²) in [6.07, 6.45) is 2.46. The molecule has 1 atom stereocenters. The zero-order valence-electron chi connectivity index (χ0n) is 9.57. The molecule has 0 amide bonds. The van der Waals surface area contributed by atoms with Crippen LogP contribution in [-0.4, -0.2) is 32.7 Å². The smallest absolute Gasteiger partial charge is 0.273 e. The SMILES string of the molecule is COc1cc(CNCC2CO[C]=N2)ccc1F. The molecule has 1 radical (unpaired) electrons. The number of hydrogen-bond donors (Lipinski definition) is 1. The van der Waals surface area contributed by atoms with Gasteiger partial charge in [-0.2, -0.15) is 0 Å². The molecule has 5 heteroatoms. The summed E-state index contributed by atoms with van der Waals surface area (Å²) in [5.74, 6) is -0.0838. The quantitative estimate of drug-likeness (QED) is 0.837. The van der Waals surface area contributed by atoms with Gasteiger partial charge in [-0.05, 0) is 17.7 Å². The fourth-order valence-corrected chi connectivity index (χ4v) is 1.58. The van der Waals surface area contributed by atoms with Crippen LogP contribution in [0.2, 0.25) is 0 Å². The number of aliphatic imine (C=N–C) groups is 1. The van der Waals surface area contributed by atoms with E-state index in [1.807, 2.05) is 0 Å². The lowest BCUT2D eigenvalue weighted by molar-refractivity contribution is 0.323. The van der Waals surface area contributed by atoms with Crippen LogP contribution in [0.5, 0.6) is 5.75 Å². The van der Waals surface area contributed by atoms with Crippen molar-refractivity contribution in [3.8, 4) is 5.75 Å². The Morgan fingerprint density at radius 2 is 2.53 bits per heavy atom. The zero-order chi connectivity index (χ0) is 12.1. The van der Waals surface area contributed by atoms with Crippen molar-refractivity contribution in [3.05, 3.63) is 29.6 Å². The molecular weight excluding hydrogens is 223 g/mol. The van der Waals surface area contributed by atoms with Gasteiger partial charge in [0.25, 0.3) is 6.40 Å². The molecule has 1 aromatic carbocycles. The van der Waals surface area contributed by atoms with E-state index < -0.39 is 0 Å². The Hall–Kier alpha value is -1.62. The third-order valence-corrected chi connectivity index (χ3v) is 2.50. The second-order valence-corrected chi connectivity index (χ2v) is 3.79. The molecule has 0 bridgehead atoms. The fraction of sp³-hybridized carbons (Fsp3) is 0.417. The van der Waals surface area contributed by atoms with Gasteiger partial charge in [-0.15, -0.1) is 0 Å². The van der Waals surface area contributed by atoms with E-state index in [0.717, 1.165) is 5.56 Å². The monoisotopic (exact) mass is 237 g/mol. The minimum atomic E-state index is -0.348. The van der Waals surface area contributed by atoms with Gasteiger partial charge in [0.1, 0.15) is 12.6 Å². The molecule has 17 heavy (non-hydrogen) atoms. The molecule has 0 saturated heterocycles. The second-order valence-electron chi connectivity index (χ2n) is 3.79. The Kier molecular flexibility index (Phi) is 3.93. The van der Waals surface area contributed by atoms with Crippen molar-refractivity contribution in [1.82, 2.24) is 5.32 Å². The van der Waals surface area contributed by atoms with Crippen molar-refractivity contribution in [2.24, 2.45) is 4.99 Å². The second kappa shape index (κ2) is 5.63. The van der Waals surface area contributed by atoms with E-state index in [0.29, 0.717) is 19.7 Å². The van der Waals surface area contributed by atoms with Gasteiger partial charge in [0.2, 0.25) is 0 Å². The molecule has 1 aliphatic rings. The van der Waals surface area contributed by atoms with E-state index in [4.69, 9.17) is 9.47 Å². The van der Waals surface area contributed by atoms with Crippen molar-refractivity contribution in [1.29, 1.82) is 0 Å². The third-order valence-electron chi connectivity index (χ3n) is 2.50. The number of hydrogen-bond acceptors (Lipinski definition) is 4. The van der Waals surface area contributed by atoms with E-state index in [1.54, 1.807) is 12.1 Å². The lowest BCUT2D eigenvalue weighted by Crippen LogP contribution is -2.26. The van der Waals surface area contributed by atoms with Crippen LogP contribution in [0.1, 0.15) is 5.56 Å². The summed E-state index contributed by atoms with van der Waals surface area (Å²) in [4.78, 5) is 4.00. The first-order chi connectivity index (χ1) is 8.29. The molecule has 2 rings (SSSR count). The summed E-state index contributed by atoms with van der Waals surface area (Å²) < 4.78 is 23.0. The molecular formula is C12H14FN2O2. The van der Waals surface area contributed by atoms with E-state index in [-0.39, 0.29) is 17.6 Å². The van der Waals surface area contributed by atoms with Crippen LogP contribution in [0.25, 0.3) is 0 Å². The summed E-state index contributed by atoms with van der Waals surface area (Å²) >= 11 is 0. The Labute approximate surface area is 99.5 Å². The molecule has 0 aliphatic carbocycles. The molecule has 1 aromatic rings. The van der Waals surface area contributed by atoms with Gasteiger partial charge in [0, 0.05) is 13.1 Å². The maximum atomic E-state index is 13.2. The molecule has 1 aliphatic heterocycles. The molecule has 1 N–H and O–H groups in total. The van der Waals surface area contributed by atoms with Crippen LogP contribution >= 0.6 is 0 Å². The molecule has 1 heterocycles. The minimum Gasteiger partial charge on any atom is -0.494 e. The Balaban J connectivity index is 1.83. The Bertz CT molecular complexity index is 409. The summed E-state index contributed by atoms with van der Waals surface area (Å²) in [7, 11) is 1.45. The van der Waals surface area contributed by atoms with E-state index in [2.05, 4.69) is 16.7 Å². The summed E-state index contributed by atoms with van der Waals surface area (Å²) in [6.45, 7) is 1.93. The van der Waals surface area contributed by atoms with Gasteiger partial charge in [-0.3, -0.25) is 0 Å². The number of halogens is 1. The highest BCUT2D eigenvalue weighted by atomic mass is 19.1. The lowest BCUT2D eigenvalue weighted by Gasteiger charge is -2.09. The lowest BCUT2D eigenvalue weighted by atomic mass is 10.2. The molecule has 0 spiro atoms. The average Bonchev–Trinajstić information content (AvgIpc) is 2.84. The predicted octanol–water partition coefficient (Wildman–Crippen LogP) is 1.23. The molecule has 0 aromatic heterocycles. The number of nitrogens with one attached hydrogen (secondary N) is 1. The summed E-state index contributed by atoms with van der Waals surface area (Å²) in [5.41, 5.74) is 0.968. The highest BCUT2D eigenvalue weighted by molar-refractivity contribution is 5.48. The van der Waals surface area contributed by atoms with Gasteiger partial charge in [-0.1, -0.05) is 6.07 Å². The molecule has 0 saturated carbocycles. The zero-order valence-corrected chi connectivity index (χ0v) is 9.57. The average molecular weight is 237 g/mol. The van der Waals surface area contributed by atoms with E-state index in [9.17, 15) is 4.39 Å². The number of benzene rings is 1. The first-order valence-corrected chi connectivity index (χ1v) is 5.39. The molecule has 4 nitrogen and oxygen atoms in total. The molecule has 1 unspecified atom stereocenters. The maximum Gasteiger partial charge on any atom is 0.273 e. The first kappa shape index (κ1) is 11.9. The minimum absolute atomic E-state index is 0.123. The normalized spacial score (nSPS) is 18.1. The first-order valence-electron chi connectivity index (χ1n) is 5.39. The number of nitrogens with zero attached hydrogens (tertiary/aromatic N) is 1. The van der Waals surface area contributed by atoms with E-state index in [1.165, 1.54) is 13.2 Å². The molecule has 91 valence electrons. The Morgan fingerprint density at radius 3 is 3.24 bits per heavy atom. The highest BCUT2D eigenvalue weighted by Gasteiger charge is 2.11. The largest absolute Gasteiger partial charge is 0.494 e. The van der Waals surface area contributed by atoms with Crippen LogP contribution in [-0.2, 0) is 11.3 Å². The van der Waals surface area contributed by atoms with Crippen LogP contribution in [0, 0.1) is 5.82 Å². The van der Waals surface area contributed by atoms with Crippen molar-refractivity contribution >= 4 is 6.40 Å². The van der Waals surface area contributed by atoms with E-state index >= 15 is 0 Å². The van der Waals surface area contributed by atoms with Crippen LogP contribution < -0.4 is 10.1 Å². The van der Waals surface area contributed by atoms with Crippen molar-refractivity contribution in [2.45, 2.75) is 12.6 Å². The number of ether oxygens (including phenoxy) is 2. The van der Waals surface area contributed by atoms with Gasteiger partial charge in [0.05, 0.1) is 7.11 Å². The summed E-state index contributed by atoms with van der Waals surface area (Å²) in [5, 5.41) is 3.22. The standard InChI is InChI=1S/C12H14FN2O2/c1-16-12-4-9(2-3-11(12)13)5-14-6-10-7-17-8-15-10/h2-4,10,14H,5-7H2,1H3. The van der Waals surface area contributed by atoms with Gasteiger partial charge >= 0.3 is 0 Å². The highest BCUT2D eigenvalue weighted by Crippen LogP contribution is 2.17. The van der Waals surface area contributed by atoms with Gasteiger partial charge < -0.3 is 14.8 Å². The summed E-state index contributed by atoms with van der Waals surface area (Å²) in [6, 6.07) is 4.94. The van der Waals surface area contributed by atoms with Crippen LogP contribution in [0.15, 0.2) is 23.2 Å². The van der Waals surface area contributed by atoms with Crippen LogP contribution in [0.4, 0.5) is 4.39 Å². The fourth-order valence-electron chi connectivity index (χ4n) is 1.58. The number of rotatable bonds is 5. The molecule has 0 fully saturated rings. The predicted molar refractivity (Wildman–Crippen MR) is 61.8 cm³/mol. The van der Waals surface area contributed by atoms with Crippen molar-refractivity contribution in [2.75, 3.05) is 20.3 Å². The number of methoxy groups -OCH3 is 1.